The first kappa shape index (κ1) is 7.81. The second-order valence-corrected chi connectivity index (χ2v) is 3.79. The van der Waals surface area contributed by atoms with Crippen LogP contribution < -0.4 is 0 Å². The Kier molecular flexibility index (Phi) is 1.69. The molecule has 1 fully saturated rings. The smallest absolute Gasteiger partial charge is 0.0456 e. The van der Waals surface area contributed by atoms with E-state index in [9.17, 15) is 0 Å². The molecule has 0 spiro atoms. The first-order valence-corrected chi connectivity index (χ1v) is 4.49. The summed E-state index contributed by atoms with van der Waals surface area (Å²) >= 11 is 0. The zero-order valence-electron chi connectivity index (χ0n) is 7.75. The van der Waals surface area contributed by atoms with Crippen molar-refractivity contribution < 1.29 is 0 Å². The molecular weight excluding hydrogens is 146 g/mol. The normalized spacial score (nSPS) is 19.6. The molecule has 0 aromatic heterocycles. The summed E-state index contributed by atoms with van der Waals surface area (Å²) in [7, 11) is 4.33. The molecule has 1 nitrogen and oxygen atoms in total. The van der Waals surface area contributed by atoms with E-state index in [0.717, 1.165) is 0 Å². The van der Waals surface area contributed by atoms with E-state index >= 15 is 0 Å². The van der Waals surface area contributed by atoms with Crippen molar-refractivity contribution in [2.24, 2.45) is 0 Å². The molecule has 1 aliphatic carbocycles. The third-order valence-electron chi connectivity index (χ3n) is 2.89. The quantitative estimate of drug-likeness (QED) is 0.643. The Hall–Kier alpha value is -0.820. The monoisotopic (exact) mass is 161 g/mol. The molecule has 0 bridgehead atoms. The van der Waals surface area contributed by atoms with Gasteiger partial charge >= 0.3 is 0 Å². The van der Waals surface area contributed by atoms with Crippen LogP contribution in [0.1, 0.15) is 18.4 Å². The van der Waals surface area contributed by atoms with Gasteiger partial charge in [-0.1, -0.05) is 30.3 Å². The van der Waals surface area contributed by atoms with E-state index in [1.54, 1.807) is 0 Å². The van der Waals surface area contributed by atoms with Gasteiger partial charge in [0.2, 0.25) is 0 Å². The molecule has 0 radical (unpaired) electrons. The Balaban J connectivity index is 2.31. The Labute approximate surface area is 74.0 Å². The number of benzene rings is 1. The predicted molar refractivity (Wildman–Crippen MR) is 51.0 cm³/mol. The summed E-state index contributed by atoms with van der Waals surface area (Å²) in [4.78, 5) is 2.34. The fraction of sp³-hybridized carbons (Fsp3) is 0.455. The average molecular weight is 161 g/mol. The molecule has 1 aromatic rings. The first-order valence-electron chi connectivity index (χ1n) is 4.49. The molecule has 12 heavy (non-hydrogen) atoms. The lowest BCUT2D eigenvalue weighted by Crippen LogP contribution is -2.27. The highest BCUT2D eigenvalue weighted by Gasteiger charge is 2.45. The van der Waals surface area contributed by atoms with Crippen molar-refractivity contribution in [2.75, 3.05) is 14.1 Å². The van der Waals surface area contributed by atoms with Crippen LogP contribution >= 0.6 is 0 Å². The molecule has 0 heterocycles. The van der Waals surface area contributed by atoms with Crippen molar-refractivity contribution >= 4 is 0 Å². The summed E-state index contributed by atoms with van der Waals surface area (Å²) in [6.45, 7) is 0. The number of hydrogen-bond donors (Lipinski definition) is 0. The van der Waals surface area contributed by atoms with Crippen molar-refractivity contribution in [3.63, 3.8) is 0 Å². The largest absolute Gasteiger partial charge is 0.300 e. The Morgan fingerprint density at radius 1 is 1.08 bits per heavy atom. The van der Waals surface area contributed by atoms with Gasteiger partial charge in [-0.25, -0.2) is 0 Å². The molecule has 2 rings (SSSR count). The summed E-state index contributed by atoms with van der Waals surface area (Å²) < 4.78 is 0. The van der Waals surface area contributed by atoms with E-state index in [1.165, 1.54) is 18.4 Å². The first-order chi connectivity index (χ1) is 5.76. The van der Waals surface area contributed by atoms with Gasteiger partial charge in [-0.15, -0.1) is 0 Å². The van der Waals surface area contributed by atoms with Crippen molar-refractivity contribution in [3.05, 3.63) is 35.9 Å². The minimum absolute atomic E-state index is 0.376. The molecule has 1 aromatic carbocycles. The highest BCUT2D eigenvalue weighted by atomic mass is 15.2. The highest BCUT2D eigenvalue weighted by molar-refractivity contribution is 5.29. The molecule has 1 heteroatoms. The summed E-state index contributed by atoms with van der Waals surface area (Å²) in [5.74, 6) is 0. The van der Waals surface area contributed by atoms with Crippen LogP contribution in [-0.2, 0) is 5.54 Å². The van der Waals surface area contributed by atoms with E-state index in [2.05, 4.69) is 49.3 Å². The maximum atomic E-state index is 2.34. The van der Waals surface area contributed by atoms with Crippen molar-refractivity contribution in [1.29, 1.82) is 0 Å². The Morgan fingerprint density at radius 3 is 2.08 bits per heavy atom. The molecule has 1 aliphatic rings. The van der Waals surface area contributed by atoms with Crippen LogP contribution in [-0.4, -0.2) is 19.0 Å². The van der Waals surface area contributed by atoms with Crippen molar-refractivity contribution in [3.8, 4) is 0 Å². The van der Waals surface area contributed by atoms with Crippen LogP contribution in [0.2, 0.25) is 0 Å². The molecule has 0 saturated heterocycles. The topological polar surface area (TPSA) is 3.24 Å². The fourth-order valence-electron chi connectivity index (χ4n) is 1.86. The van der Waals surface area contributed by atoms with E-state index in [4.69, 9.17) is 0 Å². The van der Waals surface area contributed by atoms with Crippen molar-refractivity contribution in [1.82, 2.24) is 4.90 Å². The van der Waals surface area contributed by atoms with Crippen LogP contribution in [0, 0.1) is 0 Å². The molecule has 0 aliphatic heterocycles. The predicted octanol–water partition coefficient (Wildman–Crippen LogP) is 2.24. The minimum Gasteiger partial charge on any atom is -0.300 e. The van der Waals surface area contributed by atoms with Crippen LogP contribution in [0.15, 0.2) is 30.3 Å². The standard InChI is InChI=1S/C11H15N/c1-12(2)11(8-9-11)10-6-4-3-5-7-10/h3-7H,8-9H2,1-2H3. The van der Waals surface area contributed by atoms with E-state index in [0.29, 0.717) is 5.54 Å². The van der Waals surface area contributed by atoms with Gasteiger partial charge in [-0.3, -0.25) is 4.90 Å². The van der Waals surface area contributed by atoms with Gasteiger partial charge in [0.05, 0.1) is 0 Å². The van der Waals surface area contributed by atoms with Crippen LogP contribution in [0.5, 0.6) is 0 Å². The summed E-state index contributed by atoms with van der Waals surface area (Å²) in [5.41, 5.74) is 1.84. The van der Waals surface area contributed by atoms with Gasteiger partial charge in [0.25, 0.3) is 0 Å². The molecule has 0 atom stereocenters. The average Bonchev–Trinajstić information content (AvgIpc) is 2.86. The summed E-state index contributed by atoms with van der Waals surface area (Å²) in [5, 5.41) is 0. The molecule has 0 amide bonds. The molecule has 64 valence electrons. The van der Waals surface area contributed by atoms with E-state index < -0.39 is 0 Å². The Morgan fingerprint density at radius 2 is 1.67 bits per heavy atom. The van der Waals surface area contributed by atoms with Gasteiger partial charge in [0, 0.05) is 5.54 Å². The second-order valence-electron chi connectivity index (χ2n) is 3.79. The maximum Gasteiger partial charge on any atom is 0.0456 e. The van der Waals surface area contributed by atoms with Gasteiger partial charge in [-0.05, 0) is 32.5 Å². The zero-order valence-corrected chi connectivity index (χ0v) is 7.75. The van der Waals surface area contributed by atoms with E-state index in [1.807, 2.05) is 0 Å². The van der Waals surface area contributed by atoms with Crippen LogP contribution in [0.25, 0.3) is 0 Å². The van der Waals surface area contributed by atoms with Crippen LogP contribution in [0.4, 0.5) is 0 Å². The zero-order chi connectivity index (χ0) is 8.60. The van der Waals surface area contributed by atoms with Crippen molar-refractivity contribution in [2.45, 2.75) is 18.4 Å². The minimum atomic E-state index is 0.376. The number of rotatable bonds is 2. The maximum absolute atomic E-state index is 2.34. The lowest BCUT2D eigenvalue weighted by Gasteiger charge is -2.23. The third-order valence-corrected chi connectivity index (χ3v) is 2.89. The molecule has 0 N–H and O–H groups in total. The lowest BCUT2D eigenvalue weighted by molar-refractivity contribution is 0.276. The Bertz CT molecular complexity index is 260. The lowest BCUT2D eigenvalue weighted by atomic mass is 10.0. The second kappa shape index (κ2) is 2.60. The highest BCUT2D eigenvalue weighted by Crippen LogP contribution is 2.49. The fourth-order valence-corrected chi connectivity index (χ4v) is 1.86. The molecule has 1 saturated carbocycles. The summed E-state index contributed by atoms with van der Waals surface area (Å²) in [6.07, 6.45) is 2.62. The van der Waals surface area contributed by atoms with Crippen LogP contribution in [0.3, 0.4) is 0 Å². The number of nitrogens with zero attached hydrogens (tertiary/aromatic N) is 1. The SMILES string of the molecule is CN(C)C1(c2ccccc2)CC1. The molecule has 0 unspecified atom stereocenters. The van der Waals surface area contributed by atoms with Gasteiger partial charge in [0.1, 0.15) is 0 Å². The molecular formula is C11H15N. The third kappa shape index (κ3) is 1.05. The number of hydrogen-bond acceptors (Lipinski definition) is 1. The van der Waals surface area contributed by atoms with Gasteiger partial charge < -0.3 is 0 Å². The van der Waals surface area contributed by atoms with Gasteiger partial charge in [-0.2, -0.15) is 0 Å². The summed E-state index contributed by atoms with van der Waals surface area (Å²) in [6, 6.07) is 10.8. The van der Waals surface area contributed by atoms with Gasteiger partial charge in [0.15, 0.2) is 0 Å². The van der Waals surface area contributed by atoms with E-state index in [-0.39, 0.29) is 0 Å².